The molecule has 0 aliphatic heterocycles. The SMILES string of the molecule is C[C@@H](Sc1nnc(-c2ccccc2)o1)C(O)=C(C#N)c1nc2ccccc2[nH]1. The van der Waals surface area contributed by atoms with Crippen molar-refractivity contribution in [3.63, 3.8) is 0 Å². The zero-order chi connectivity index (χ0) is 19.5. The van der Waals surface area contributed by atoms with E-state index in [2.05, 4.69) is 20.2 Å². The molecule has 0 radical (unpaired) electrons. The van der Waals surface area contributed by atoms with E-state index in [4.69, 9.17) is 4.42 Å². The van der Waals surface area contributed by atoms with Crippen LogP contribution in [-0.4, -0.2) is 30.5 Å². The number of aromatic nitrogens is 4. The first-order chi connectivity index (χ1) is 13.7. The Morgan fingerprint density at radius 2 is 1.89 bits per heavy atom. The number of nitrogens with one attached hydrogen (secondary N) is 1. The molecule has 0 saturated carbocycles. The Morgan fingerprint density at radius 3 is 2.64 bits per heavy atom. The highest BCUT2D eigenvalue weighted by Crippen LogP contribution is 2.31. The lowest BCUT2D eigenvalue weighted by Gasteiger charge is -2.08. The monoisotopic (exact) mass is 389 g/mol. The van der Waals surface area contributed by atoms with Crippen molar-refractivity contribution in [2.45, 2.75) is 17.4 Å². The Kier molecular flexibility index (Phi) is 4.83. The summed E-state index contributed by atoms with van der Waals surface area (Å²) in [5.74, 6) is 0.617. The van der Waals surface area contributed by atoms with E-state index in [9.17, 15) is 10.4 Å². The fourth-order valence-corrected chi connectivity index (χ4v) is 3.41. The summed E-state index contributed by atoms with van der Waals surface area (Å²) in [6.07, 6.45) is 0. The van der Waals surface area contributed by atoms with Crippen LogP contribution in [-0.2, 0) is 0 Å². The second-order valence-corrected chi connectivity index (χ2v) is 7.27. The first-order valence-corrected chi connectivity index (χ1v) is 9.37. The maximum absolute atomic E-state index is 10.6. The predicted octanol–water partition coefficient (Wildman–Crippen LogP) is 4.59. The van der Waals surface area contributed by atoms with Gasteiger partial charge in [0.1, 0.15) is 17.4 Å². The molecule has 0 spiro atoms. The van der Waals surface area contributed by atoms with Crippen LogP contribution in [0.4, 0.5) is 0 Å². The number of nitrogens with zero attached hydrogens (tertiary/aromatic N) is 4. The van der Waals surface area contributed by atoms with Crippen LogP contribution >= 0.6 is 11.8 Å². The number of hydrogen-bond acceptors (Lipinski definition) is 7. The summed E-state index contributed by atoms with van der Waals surface area (Å²) in [5.41, 5.74) is 2.42. The third-order valence-corrected chi connectivity index (χ3v) is 5.03. The summed E-state index contributed by atoms with van der Waals surface area (Å²) in [4.78, 5) is 7.44. The van der Waals surface area contributed by atoms with E-state index in [1.165, 1.54) is 11.8 Å². The molecule has 2 N–H and O–H groups in total. The molecule has 0 aliphatic carbocycles. The van der Waals surface area contributed by atoms with Crippen molar-refractivity contribution in [2.24, 2.45) is 0 Å². The highest BCUT2D eigenvalue weighted by Gasteiger charge is 2.21. The normalized spacial score (nSPS) is 13.1. The van der Waals surface area contributed by atoms with E-state index in [1.807, 2.05) is 60.7 Å². The summed E-state index contributed by atoms with van der Waals surface area (Å²) >= 11 is 1.17. The number of imidazole rings is 1. The first-order valence-electron chi connectivity index (χ1n) is 8.49. The van der Waals surface area contributed by atoms with Crippen molar-refractivity contribution in [1.29, 1.82) is 5.26 Å². The zero-order valence-corrected chi connectivity index (χ0v) is 15.6. The number of benzene rings is 2. The number of nitriles is 1. The van der Waals surface area contributed by atoms with Gasteiger partial charge in [0.15, 0.2) is 5.82 Å². The highest BCUT2D eigenvalue weighted by atomic mass is 32.2. The fourth-order valence-electron chi connectivity index (χ4n) is 2.67. The molecule has 0 bridgehead atoms. The number of fused-ring (bicyclic) bond motifs is 1. The topological polar surface area (TPSA) is 112 Å². The van der Waals surface area contributed by atoms with Crippen LogP contribution < -0.4 is 0 Å². The van der Waals surface area contributed by atoms with Crippen LogP contribution in [0, 0.1) is 11.3 Å². The fraction of sp³-hybridized carbons (Fsp3) is 0.100. The lowest BCUT2D eigenvalue weighted by Crippen LogP contribution is -2.04. The van der Waals surface area contributed by atoms with Gasteiger partial charge in [0.2, 0.25) is 5.89 Å². The molecule has 0 amide bonds. The number of para-hydroxylation sites is 2. The molecule has 4 rings (SSSR count). The van der Waals surface area contributed by atoms with E-state index >= 15 is 0 Å². The molecule has 0 unspecified atom stereocenters. The zero-order valence-electron chi connectivity index (χ0n) is 14.8. The minimum Gasteiger partial charge on any atom is -0.510 e. The molecule has 2 heterocycles. The van der Waals surface area contributed by atoms with Crippen molar-refractivity contribution < 1.29 is 9.52 Å². The molecule has 2 aromatic heterocycles. The van der Waals surface area contributed by atoms with Crippen molar-refractivity contribution >= 4 is 28.4 Å². The van der Waals surface area contributed by atoms with Gasteiger partial charge in [-0.3, -0.25) is 0 Å². The van der Waals surface area contributed by atoms with E-state index in [0.29, 0.717) is 16.9 Å². The van der Waals surface area contributed by atoms with E-state index in [0.717, 1.165) is 16.6 Å². The van der Waals surface area contributed by atoms with Gasteiger partial charge in [0, 0.05) is 5.56 Å². The van der Waals surface area contributed by atoms with Crippen LogP contribution in [0.3, 0.4) is 0 Å². The average Bonchev–Trinajstić information content (AvgIpc) is 3.36. The Hall–Kier alpha value is -3.57. The summed E-state index contributed by atoms with van der Waals surface area (Å²) in [7, 11) is 0. The minimum absolute atomic E-state index is 0.0824. The van der Waals surface area contributed by atoms with Crippen LogP contribution in [0.15, 0.2) is 70.0 Å². The van der Waals surface area contributed by atoms with E-state index in [-0.39, 0.29) is 11.3 Å². The number of hydrogen-bond donors (Lipinski definition) is 2. The summed E-state index contributed by atoms with van der Waals surface area (Å²) < 4.78 is 5.66. The van der Waals surface area contributed by atoms with Crippen LogP contribution in [0.5, 0.6) is 0 Å². The van der Waals surface area contributed by atoms with Crippen molar-refractivity contribution in [3.05, 3.63) is 66.2 Å². The molecule has 0 saturated heterocycles. The molecule has 28 heavy (non-hydrogen) atoms. The lowest BCUT2D eigenvalue weighted by atomic mass is 10.2. The molecule has 7 nitrogen and oxygen atoms in total. The highest BCUT2D eigenvalue weighted by molar-refractivity contribution is 7.99. The van der Waals surface area contributed by atoms with Crippen LogP contribution in [0.25, 0.3) is 28.1 Å². The average molecular weight is 389 g/mol. The van der Waals surface area contributed by atoms with Gasteiger partial charge < -0.3 is 14.5 Å². The van der Waals surface area contributed by atoms with Gasteiger partial charge in [0.05, 0.1) is 16.3 Å². The van der Waals surface area contributed by atoms with Gasteiger partial charge in [0.25, 0.3) is 5.22 Å². The Bertz CT molecular complexity index is 1160. The summed E-state index contributed by atoms with van der Waals surface area (Å²) in [6, 6.07) is 18.9. The number of thioether (sulfide) groups is 1. The third-order valence-electron chi connectivity index (χ3n) is 4.08. The molecule has 0 aliphatic rings. The second kappa shape index (κ2) is 7.58. The molecular weight excluding hydrogens is 374 g/mol. The molecule has 8 heteroatoms. The first kappa shape index (κ1) is 17.8. The van der Waals surface area contributed by atoms with Gasteiger partial charge in [-0.25, -0.2) is 4.98 Å². The lowest BCUT2D eigenvalue weighted by molar-refractivity contribution is 0.399. The smallest absolute Gasteiger partial charge is 0.277 e. The summed E-state index contributed by atoms with van der Waals surface area (Å²) in [6.45, 7) is 1.76. The molecule has 2 aromatic carbocycles. The quantitative estimate of drug-likeness (QED) is 0.292. The van der Waals surface area contributed by atoms with E-state index < -0.39 is 5.25 Å². The second-order valence-electron chi connectivity index (χ2n) is 5.97. The van der Waals surface area contributed by atoms with E-state index in [1.54, 1.807) is 6.92 Å². The van der Waals surface area contributed by atoms with Crippen LogP contribution in [0.2, 0.25) is 0 Å². The number of aliphatic hydroxyl groups is 1. The van der Waals surface area contributed by atoms with Gasteiger partial charge in [-0.1, -0.05) is 42.1 Å². The standard InChI is InChI=1S/C20H15N5O2S/c1-12(28-20-25-24-19(27-20)13-7-3-2-4-8-13)17(26)14(11-21)18-22-15-9-5-6-10-16(15)23-18/h2-10,12,26H,1H3,(H,22,23)/t12-/m1/s1. The van der Waals surface area contributed by atoms with Gasteiger partial charge in [-0.2, -0.15) is 5.26 Å². The van der Waals surface area contributed by atoms with Crippen molar-refractivity contribution in [1.82, 2.24) is 20.2 Å². The Morgan fingerprint density at radius 1 is 1.14 bits per heavy atom. The Balaban J connectivity index is 1.58. The number of allylic oxidation sites excluding steroid dienone is 1. The molecule has 1 atom stereocenters. The molecule has 4 aromatic rings. The maximum Gasteiger partial charge on any atom is 0.277 e. The third kappa shape index (κ3) is 3.48. The van der Waals surface area contributed by atoms with Gasteiger partial charge >= 0.3 is 0 Å². The molecular formula is C20H15N5O2S. The van der Waals surface area contributed by atoms with Gasteiger partial charge in [-0.05, 0) is 31.2 Å². The minimum atomic E-state index is -0.480. The largest absolute Gasteiger partial charge is 0.510 e. The van der Waals surface area contributed by atoms with Crippen LogP contribution in [0.1, 0.15) is 12.7 Å². The van der Waals surface area contributed by atoms with Crippen molar-refractivity contribution in [3.8, 4) is 17.5 Å². The van der Waals surface area contributed by atoms with Gasteiger partial charge in [-0.15, -0.1) is 10.2 Å². The molecule has 138 valence electrons. The summed E-state index contributed by atoms with van der Waals surface area (Å²) in [5, 5.41) is 28.1. The number of rotatable bonds is 5. The predicted molar refractivity (Wildman–Crippen MR) is 106 cm³/mol. The Labute approximate surface area is 164 Å². The number of aliphatic hydroxyl groups excluding tert-OH is 1. The number of H-pyrrole nitrogens is 1. The molecule has 0 fully saturated rings. The maximum atomic E-state index is 10.6. The van der Waals surface area contributed by atoms with Crippen molar-refractivity contribution in [2.75, 3.05) is 0 Å². The number of aromatic amines is 1.